The molecule has 2 aromatic carbocycles. The van der Waals surface area contributed by atoms with E-state index in [4.69, 9.17) is 4.74 Å². The standard InChI is InChI=1S/C23H27N5O3S/c1-4-16-8-6-7-9-19(16)25-22(30)15-32-23-27-26-20(28(23)5-2)14-21(29)24-17-10-12-18(31-3)13-11-17/h6-13H,4-5,14-15H2,1-3H3,(H,24,29)(H,25,30). The van der Waals surface area contributed by atoms with E-state index < -0.39 is 0 Å². The Bertz CT molecular complexity index is 1070. The van der Waals surface area contributed by atoms with Crippen LogP contribution in [0.3, 0.4) is 0 Å². The van der Waals surface area contributed by atoms with Crippen LogP contribution in [-0.2, 0) is 29.0 Å². The van der Waals surface area contributed by atoms with Gasteiger partial charge >= 0.3 is 0 Å². The molecule has 2 amide bonds. The highest BCUT2D eigenvalue weighted by Gasteiger charge is 2.16. The van der Waals surface area contributed by atoms with Gasteiger partial charge in [0.15, 0.2) is 5.16 Å². The van der Waals surface area contributed by atoms with Crippen molar-refractivity contribution in [2.24, 2.45) is 0 Å². The van der Waals surface area contributed by atoms with Crippen LogP contribution in [0.25, 0.3) is 0 Å². The molecule has 32 heavy (non-hydrogen) atoms. The molecule has 2 N–H and O–H groups in total. The van der Waals surface area contributed by atoms with Crippen molar-refractivity contribution >= 4 is 35.0 Å². The minimum atomic E-state index is -0.192. The number of hydrogen-bond donors (Lipinski definition) is 2. The van der Waals surface area contributed by atoms with E-state index in [1.54, 1.807) is 31.4 Å². The Kier molecular flexibility index (Phi) is 8.27. The molecule has 0 saturated carbocycles. The molecule has 0 aliphatic carbocycles. The number of ether oxygens (including phenoxy) is 1. The molecule has 8 nitrogen and oxygen atoms in total. The number of nitrogens with one attached hydrogen (secondary N) is 2. The average molecular weight is 454 g/mol. The van der Waals surface area contributed by atoms with Gasteiger partial charge in [-0.2, -0.15) is 0 Å². The first-order chi connectivity index (χ1) is 15.5. The summed E-state index contributed by atoms with van der Waals surface area (Å²) < 4.78 is 6.97. The maximum absolute atomic E-state index is 12.4. The molecular formula is C23H27N5O3S. The molecule has 1 aromatic heterocycles. The number of carbonyl (C=O) groups is 2. The monoisotopic (exact) mass is 453 g/mol. The molecule has 9 heteroatoms. The maximum Gasteiger partial charge on any atom is 0.234 e. The lowest BCUT2D eigenvalue weighted by Gasteiger charge is -2.10. The number of benzene rings is 2. The number of rotatable bonds is 10. The summed E-state index contributed by atoms with van der Waals surface area (Å²) in [5.74, 6) is 1.17. The van der Waals surface area contributed by atoms with Gasteiger partial charge in [-0.05, 0) is 49.2 Å². The Morgan fingerprint density at radius 2 is 1.75 bits per heavy atom. The first-order valence-electron chi connectivity index (χ1n) is 10.4. The van der Waals surface area contributed by atoms with Crippen LogP contribution in [0.1, 0.15) is 25.2 Å². The Balaban J connectivity index is 1.57. The number of aryl methyl sites for hydroxylation is 1. The van der Waals surface area contributed by atoms with E-state index >= 15 is 0 Å². The molecule has 0 bridgehead atoms. The number of amides is 2. The fourth-order valence-electron chi connectivity index (χ4n) is 3.16. The number of methoxy groups -OCH3 is 1. The van der Waals surface area contributed by atoms with Crippen LogP contribution >= 0.6 is 11.8 Å². The van der Waals surface area contributed by atoms with Crippen molar-refractivity contribution in [1.82, 2.24) is 14.8 Å². The first kappa shape index (κ1) is 23.3. The average Bonchev–Trinajstić information content (AvgIpc) is 3.19. The Morgan fingerprint density at radius 3 is 2.44 bits per heavy atom. The van der Waals surface area contributed by atoms with Crippen molar-refractivity contribution < 1.29 is 14.3 Å². The minimum Gasteiger partial charge on any atom is -0.497 e. The SMILES string of the molecule is CCc1ccccc1NC(=O)CSc1nnc(CC(=O)Nc2ccc(OC)cc2)n1CC. The maximum atomic E-state index is 12.4. The van der Waals surface area contributed by atoms with Crippen molar-refractivity contribution in [3.05, 3.63) is 59.9 Å². The summed E-state index contributed by atoms with van der Waals surface area (Å²) in [6.07, 6.45) is 0.930. The van der Waals surface area contributed by atoms with Gasteiger partial charge in [-0.1, -0.05) is 36.9 Å². The lowest BCUT2D eigenvalue weighted by Crippen LogP contribution is -2.18. The Labute approximate surface area is 191 Å². The predicted octanol–water partition coefficient (Wildman–Crippen LogP) is 3.78. The van der Waals surface area contributed by atoms with Crippen molar-refractivity contribution in [3.63, 3.8) is 0 Å². The van der Waals surface area contributed by atoms with Gasteiger partial charge in [0.2, 0.25) is 11.8 Å². The van der Waals surface area contributed by atoms with Gasteiger partial charge in [-0.25, -0.2) is 0 Å². The lowest BCUT2D eigenvalue weighted by atomic mass is 10.1. The smallest absolute Gasteiger partial charge is 0.234 e. The summed E-state index contributed by atoms with van der Waals surface area (Å²) in [4.78, 5) is 24.9. The van der Waals surface area contributed by atoms with E-state index in [2.05, 4.69) is 27.8 Å². The van der Waals surface area contributed by atoms with Gasteiger partial charge in [0.05, 0.1) is 19.3 Å². The van der Waals surface area contributed by atoms with E-state index in [9.17, 15) is 9.59 Å². The molecule has 0 radical (unpaired) electrons. The Hall–Kier alpha value is -3.33. The zero-order valence-electron chi connectivity index (χ0n) is 18.4. The molecule has 0 aliphatic heterocycles. The summed E-state index contributed by atoms with van der Waals surface area (Å²) in [6, 6.07) is 14.9. The highest BCUT2D eigenvalue weighted by molar-refractivity contribution is 7.99. The third-order valence-corrected chi connectivity index (χ3v) is 5.77. The van der Waals surface area contributed by atoms with Gasteiger partial charge in [0.25, 0.3) is 0 Å². The first-order valence-corrected chi connectivity index (χ1v) is 11.4. The van der Waals surface area contributed by atoms with Crippen molar-refractivity contribution in [1.29, 1.82) is 0 Å². The quantitative estimate of drug-likeness (QED) is 0.454. The molecule has 0 unspecified atom stereocenters. The fourth-order valence-corrected chi connectivity index (χ4v) is 3.99. The van der Waals surface area contributed by atoms with Crippen LogP contribution in [0, 0.1) is 0 Å². The number of para-hydroxylation sites is 1. The highest BCUT2D eigenvalue weighted by atomic mass is 32.2. The second-order valence-corrected chi connectivity index (χ2v) is 7.89. The number of aromatic nitrogens is 3. The van der Waals surface area contributed by atoms with E-state index in [1.165, 1.54) is 11.8 Å². The Morgan fingerprint density at radius 1 is 1.00 bits per heavy atom. The van der Waals surface area contributed by atoms with E-state index in [1.807, 2.05) is 35.8 Å². The fraction of sp³-hybridized carbons (Fsp3) is 0.304. The van der Waals surface area contributed by atoms with Crippen LogP contribution in [-0.4, -0.2) is 39.4 Å². The molecule has 168 valence electrons. The third-order valence-electron chi connectivity index (χ3n) is 4.81. The molecular weight excluding hydrogens is 426 g/mol. The van der Waals surface area contributed by atoms with Crippen molar-refractivity contribution in [2.45, 2.75) is 38.4 Å². The summed E-state index contributed by atoms with van der Waals surface area (Å²) >= 11 is 1.30. The van der Waals surface area contributed by atoms with Crippen molar-refractivity contribution in [2.75, 3.05) is 23.5 Å². The molecule has 3 rings (SSSR count). The second kappa shape index (κ2) is 11.3. The minimum absolute atomic E-state index is 0.0868. The summed E-state index contributed by atoms with van der Waals surface area (Å²) in [5.41, 5.74) is 2.60. The van der Waals surface area contributed by atoms with Crippen LogP contribution in [0.15, 0.2) is 53.7 Å². The van der Waals surface area contributed by atoms with Crippen LogP contribution < -0.4 is 15.4 Å². The number of hydrogen-bond acceptors (Lipinski definition) is 6. The van der Waals surface area contributed by atoms with Crippen LogP contribution in [0.4, 0.5) is 11.4 Å². The lowest BCUT2D eigenvalue weighted by molar-refractivity contribution is -0.116. The van der Waals surface area contributed by atoms with E-state index in [0.717, 1.165) is 23.4 Å². The largest absolute Gasteiger partial charge is 0.497 e. The molecule has 0 saturated heterocycles. The van der Waals surface area contributed by atoms with E-state index in [-0.39, 0.29) is 24.0 Å². The van der Waals surface area contributed by atoms with Crippen LogP contribution in [0.2, 0.25) is 0 Å². The number of carbonyl (C=O) groups excluding carboxylic acids is 2. The van der Waals surface area contributed by atoms with Gasteiger partial charge in [-0.3, -0.25) is 9.59 Å². The summed E-state index contributed by atoms with van der Waals surface area (Å²) in [5, 5.41) is 14.8. The van der Waals surface area contributed by atoms with Crippen LogP contribution in [0.5, 0.6) is 5.75 Å². The normalized spacial score (nSPS) is 10.6. The molecule has 1 heterocycles. The zero-order valence-corrected chi connectivity index (χ0v) is 19.2. The molecule has 0 spiro atoms. The van der Waals surface area contributed by atoms with Gasteiger partial charge in [-0.15, -0.1) is 10.2 Å². The van der Waals surface area contributed by atoms with Gasteiger partial charge in [0, 0.05) is 17.9 Å². The van der Waals surface area contributed by atoms with Crippen molar-refractivity contribution in [3.8, 4) is 5.75 Å². The number of nitrogens with zero attached hydrogens (tertiary/aromatic N) is 3. The highest BCUT2D eigenvalue weighted by Crippen LogP contribution is 2.20. The van der Waals surface area contributed by atoms with Gasteiger partial charge < -0.3 is 19.9 Å². The topological polar surface area (TPSA) is 98.1 Å². The number of anilines is 2. The summed E-state index contributed by atoms with van der Waals surface area (Å²) in [6.45, 7) is 4.60. The molecule has 3 aromatic rings. The zero-order chi connectivity index (χ0) is 22.9. The van der Waals surface area contributed by atoms with Gasteiger partial charge in [0.1, 0.15) is 11.6 Å². The summed E-state index contributed by atoms with van der Waals surface area (Å²) in [7, 11) is 1.59. The second-order valence-electron chi connectivity index (χ2n) is 6.94. The van der Waals surface area contributed by atoms with E-state index in [0.29, 0.717) is 23.2 Å². The molecule has 0 atom stereocenters. The number of thioether (sulfide) groups is 1. The predicted molar refractivity (Wildman–Crippen MR) is 126 cm³/mol. The molecule has 0 fully saturated rings. The molecule has 0 aliphatic rings. The third kappa shape index (κ3) is 6.10.